The normalized spacial score (nSPS) is 14.9. The van der Waals surface area contributed by atoms with Gasteiger partial charge in [0.25, 0.3) is 5.56 Å². The lowest BCUT2D eigenvalue weighted by molar-refractivity contribution is -0.140. The Hall–Kier alpha value is -4.18. The number of esters is 2. The molecule has 9 nitrogen and oxygen atoms in total. The maximum absolute atomic E-state index is 14.0. The number of methoxy groups -OCH3 is 1. The molecule has 0 fully saturated rings. The smallest absolute Gasteiger partial charge is 0.338 e. The van der Waals surface area contributed by atoms with Gasteiger partial charge in [0.1, 0.15) is 0 Å². The van der Waals surface area contributed by atoms with Crippen LogP contribution in [0.25, 0.3) is 6.08 Å². The number of ether oxygens (including phenoxy) is 3. The van der Waals surface area contributed by atoms with E-state index in [0.717, 1.165) is 24.3 Å². The van der Waals surface area contributed by atoms with Crippen molar-refractivity contribution in [3.8, 4) is 11.5 Å². The van der Waals surface area contributed by atoms with E-state index in [2.05, 4.69) is 23.7 Å². The Morgan fingerprint density at radius 2 is 1.79 bits per heavy atom. The topological polar surface area (TPSA) is 99.4 Å². The van der Waals surface area contributed by atoms with Crippen molar-refractivity contribution in [2.45, 2.75) is 47.6 Å². The van der Waals surface area contributed by atoms with Gasteiger partial charge >= 0.3 is 11.9 Å². The highest BCUT2D eigenvalue weighted by Crippen LogP contribution is 2.36. The summed E-state index contributed by atoms with van der Waals surface area (Å²) in [6.07, 6.45) is 1.84. The first-order valence-electron chi connectivity index (χ1n) is 14.0. The third-order valence-electron chi connectivity index (χ3n) is 6.87. The highest BCUT2D eigenvalue weighted by Gasteiger charge is 2.34. The molecule has 3 aromatic rings. The first-order chi connectivity index (χ1) is 20.1. The van der Waals surface area contributed by atoms with Crippen LogP contribution >= 0.6 is 11.3 Å². The van der Waals surface area contributed by atoms with Crippen molar-refractivity contribution in [1.29, 1.82) is 0 Å². The summed E-state index contributed by atoms with van der Waals surface area (Å²) < 4.78 is 18.4. The Balaban J connectivity index is 1.87. The molecule has 0 saturated carbocycles. The average Bonchev–Trinajstić information content (AvgIpc) is 3.26. The maximum Gasteiger partial charge on any atom is 0.338 e. The summed E-state index contributed by atoms with van der Waals surface area (Å²) in [4.78, 5) is 46.4. The number of nitrogens with zero attached hydrogens (tertiary/aromatic N) is 3. The molecule has 222 valence electrons. The molecule has 0 saturated heterocycles. The number of fused-ring (bicyclic) bond motifs is 1. The van der Waals surface area contributed by atoms with Crippen LogP contribution in [0.15, 0.2) is 63.5 Å². The Morgan fingerprint density at radius 3 is 2.38 bits per heavy atom. The lowest BCUT2D eigenvalue weighted by Crippen LogP contribution is -2.40. The summed E-state index contributed by atoms with van der Waals surface area (Å²) in [7, 11) is 1.46. The molecular formula is C32H37N3O6S. The number of thiazole rings is 1. The van der Waals surface area contributed by atoms with Crippen molar-refractivity contribution in [3.63, 3.8) is 0 Å². The van der Waals surface area contributed by atoms with Crippen LogP contribution in [0.2, 0.25) is 0 Å². The molecule has 4 rings (SSSR count). The summed E-state index contributed by atoms with van der Waals surface area (Å²) in [5, 5.41) is 0. The van der Waals surface area contributed by atoms with Crippen molar-refractivity contribution in [3.05, 3.63) is 84.5 Å². The van der Waals surface area contributed by atoms with Crippen molar-refractivity contribution < 1.29 is 23.8 Å². The molecule has 0 radical (unpaired) electrons. The number of hydrogen-bond acceptors (Lipinski definition) is 9. The molecule has 2 heterocycles. The zero-order valence-electron chi connectivity index (χ0n) is 25.1. The Bertz CT molecular complexity index is 1680. The highest BCUT2D eigenvalue weighted by atomic mass is 32.1. The number of benzene rings is 2. The molecule has 42 heavy (non-hydrogen) atoms. The SMILES string of the molecule is CCN(CC)c1ccc(/C=c2\sc3n(c2=O)[C@@H](c2ccc(OC(C)=O)c(OC)c2)C(C(=O)OCC(C)C)=C(C)N=3)cc1. The van der Waals surface area contributed by atoms with E-state index in [4.69, 9.17) is 14.2 Å². The van der Waals surface area contributed by atoms with Gasteiger partial charge in [-0.2, -0.15) is 0 Å². The minimum atomic E-state index is -0.826. The lowest BCUT2D eigenvalue weighted by Gasteiger charge is -2.25. The van der Waals surface area contributed by atoms with Gasteiger partial charge in [-0.15, -0.1) is 0 Å². The number of aromatic nitrogens is 1. The van der Waals surface area contributed by atoms with E-state index in [0.29, 0.717) is 26.3 Å². The van der Waals surface area contributed by atoms with Crippen molar-refractivity contribution >= 4 is 35.0 Å². The van der Waals surface area contributed by atoms with E-state index >= 15 is 0 Å². The molecule has 0 spiro atoms. The second-order valence-electron chi connectivity index (χ2n) is 10.3. The van der Waals surface area contributed by atoms with E-state index in [9.17, 15) is 14.4 Å². The Kier molecular flexibility index (Phi) is 9.67. The van der Waals surface area contributed by atoms with Crippen LogP contribution in [0.4, 0.5) is 5.69 Å². The van der Waals surface area contributed by atoms with Crippen LogP contribution in [-0.2, 0) is 14.3 Å². The highest BCUT2D eigenvalue weighted by molar-refractivity contribution is 7.07. The van der Waals surface area contributed by atoms with Crippen LogP contribution in [0.5, 0.6) is 11.5 Å². The van der Waals surface area contributed by atoms with Crippen LogP contribution in [0.3, 0.4) is 0 Å². The number of hydrogen-bond donors (Lipinski definition) is 0. The molecule has 1 aromatic heterocycles. The maximum atomic E-state index is 14.0. The molecule has 0 aliphatic carbocycles. The molecular weight excluding hydrogens is 554 g/mol. The van der Waals surface area contributed by atoms with Crippen molar-refractivity contribution in [2.24, 2.45) is 10.9 Å². The lowest BCUT2D eigenvalue weighted by atomic mass is 9.95. The summed E-state index contributed by atoms with van der Waals surface area (Å²) in [6, 6.07) is 12.2. The largest absolute Gasteiger partial charge is 0.493 e. The quantitative estimate of drug-likeness (QED) is 0.257. The molecule has 2 aromatic carbocycles. The Labute approximate surface area is 249 Å². The average molecular weight is 592 g/mol. The van der Waals surface area contributed by atoms with Crippen molar-refractivity contribution in [1.82, 2.24) is 4.57 Å². The fourth-order valence-corrected chi connectivity index (χ4v) is 5.88. The first kappa shape index (κ1) is 30.8. The van der Waals surface area contributed by atoms with Crippen LogP contribution < -0.4 is 29.3 Å². The van der Waals surface area contributed by atoms with E-state index < -0.39 is 18.0 Å². The van der Waals surface area contributed by atoms with Gasteiger partial charge in [0.2, 0.25) is 0 Å². The summed E-state index contributed by atoms with van der Waals surface area (Å²) in [5.74, 6) is -0.376. The fourth-order valence-electron chi connectivity index (χ4n) is 4.83. The van der Waals surface area contributed by atoms with Gasteiger partial charge in [-0.3, -0.25) is 14.2 Å². The zero-order chi connectivity index (χ0) is 30.6. The molecule has 1 atom stereocenters. The van der Waals surface area contributed by atoms with E-state index in [1.165, 1.54) is 29.9 Å². The van der Waals surface area contributed by atoms with Crippen LogP contribution in [0, 0.1) is 5.92 Å². The predicted molar refractivity (Wildman–Crippen MR) is 164 cm³/mol. The second-order valence-corrected chi connectivity index (χ2v) is 11.4. The molecule has 0 unspecified atom stereocenters. The summed E-state index contributed by atoms with van der Waals surface area (Å²) in [6.45, 7) is 13.2. The number of anilines is 1. The van der Waals surface area contributed by atoms with Gasteiger partial charge in [-0.25, -0.2) is 9.79 Å². The number of carbonyl (C=O) groups excluding carboxylic acids is 2. The predicted octanol–water partition coefficient (Wildman–Crippen LogP) is 4.21. The third-order valence-corrected chi connectivity index (χ3v) is 7.85. The fraction of sp³-hybridized carbons (Fsp3) is 0.375. The molecule has 0 amide bonds. The van der Waals surface area contributed by atoms with Gasteiger partial charge < -0.3 is 19.1 Å². The molecule has 0 bridgehead atoms. The standard InChI is InChI=1S/C32H37N3O6S/c1-8-34(9-2)24-13-10-22(11-14-24)16-27-30(37)35-29(23-12-15-25(41-21(6)36)26(17-23)39-7)28(20(5)33-32(35)42-27)31(38)40-18-19(3)4/h10-17,19,29H,8-9,18H2,1-7H3/b27-16-/t29-/m0/s1. The second kappa shape index (κ2) is 13.2. The van der Waals surface area contributed by atoms with Crippen molar-refractivity contribution in [2.75, 3.05) is 31.7 Å². The van der Waals surface area contributed by atoms with Crippen LogP contribution in [0.1, 0.15) is 58.7 Å². The number of allylic oxidation sites excluding steroid dienone is 1. The Morgan fingerprint density at radius 1 is 1.10 bits per heavy atom. The van der Waals surface area contributed by atoms with Gasteiger partial charge in [0.05, 0.1) is 35.6 Å². The van der Waals surface area contributed by atoms with Gasteiger partial charge in [0, 0.05) is 25.7 Å². The molecule has 10 heteroatoms. The monoisotopic (exact) mass is 591 g/mol. The molecule has 0 N–H and O–H groups in total. The van der Waals surface area contributed by atoms with E-state index in [1.807, 2.05) is 44.2 Å². The van der Waals surface area contributed by atoms with E-state index in [1.54, 1.807) is 25.1 Å². The summed E-state index contributed by atoms with van der Waals surface area (Å²) in [5.41, 5.74) is 3.04. The van der Waals surface area contributed by atoms with Gasteiger partial charge in [-0.1, -0.05) is 43.4 Å². The first-order valence-corrected chi connectivity index (χ1v) is 14.8. The molecule has 1 aliphatic rings. The van der Waals surface area contributed by atoms with Gasteiger partial charge in [0.15, 0.2) is 16.3 Å². The zero-order valence-corrected chi connectivity index (χ0v) is 25.9. The minimum absolute atomic E-state index is 0.130. The number of rotatable bonds is 10. The van der Waals surface area contributed by atoms with Crippen LogP contribution in [-0.4, -0.2) is 43.3 Å². The molecule has 1 aliphatic heterocycles. The number of carbonyl (C=O) groups is 2. The minimum Gasteiger partial charge on any atom is -0.493 e. The van der Waals surface area contributed by atoms with Gasteiger partial charge in [-0.05, 0) is 68.2 Å². The summed E-state index contributed by atoms with van der Waals surface area (Å²) >= 11 is 1.26. The third kappa shape index (κ3) is 6.49. The van der Waals surface area contributed by atoms with E-state index in [-0.39, 0.29) is 29.4 Å².